The van der Waals surface area contributed by atoms with Crippen molar-refractivity contribution in [2.45, 2.75) is 5.88 Å². The molecule has 1 aromatic carbocycles. The fraction of sp³-hybridized carbons (Fsp3) is 0.0769. The normalized spacial score (nSPS) is 11.5. The molecule has 0 aliphatic carbocycles. The van der Waals surface area contributed by atoms with Gasteiger partial charge in [-0.15, -0.1) is 22.9 Å². The van der Waals surface area contributed by atoms with Gasteiger partial charge in [-0.2, -0.15) is 0 Å². The number of hydrogen-bond acceptors (Lipinski definition) is 3. The highest BCUT2D eigenvalue weighted by Gasteiger charge is 2.25. The first kappa shape index (κ1) is 14.9. The zero-order valence-electron chi connectivity index (χ0n) is 10.5. The fourth-order valence-electron chi connectivity index (χ4n) is 2.26. The van der Waals surface area contributed by atoms with Gasteiger partial charge < -0.3 is 5.11 Å². The molecule has 0 saturated carbocycles. The van der Waals surface area contributed by atoms with Crippen molar-refractivity contribution in [1.29, 1.82) is 0 Å². The molecule has 114 valence electrons. The maximum absolute atomic E-state index is 14.1. The standard InChI is InChI=1S/C13H5ClF3NO3S/c14-2-4-3-22-12-7(13(20)21)11(19)5-1-6(15)8(16)9(17)10(5)18(4)12/h1,3H,2H2,(H,20,21). The molecule has 0 spiro atoms. The average molecular weight is 348 g/mol. The van der Waals surface area contributed by atoms with E-state index in [1.165, 1.54) is 5.38 Å². The van der Waals surface area contributed by atoms with Crippen LogP contribution in [-0.4, -0.2) is 15.5 Å². The Balaban J connectivity index is 2.75. The van der Waals surface area contributed by atoms with Gasteiger partial charge in [0.05, 0.1) is 16.8 Å². The number of rotatable bonds is 2. The number of fused-ring (bicyclic) bond motifs is 3. The van der Waals surface area contributed by atoms with Crippen LogP contribution in [0.1, 0.15) is 16.1 Å². The van der Waals surface area contributed by atoms with Crippen LogP contribution < -0.4 is 5.43 Å². The van der Waals surface area contributed by atoms with Crippen LogP contribution in [0, 0.1) is 17.5 Å². The Hall–Kier alpha value is -2.06. The molecule has 0 bridgehead atoms. The van der Waals surface area contributed by atoms with E-state index in [1.807, 2.05) is 0 Å². The number of carboxylic acid groups (broad SMARTS) is 1. The molecule has 0 fully saturated rings. The second-order valence-corrected chi connectivity index (χ2v) is 5.52. The third kappa shape index (κ3) is 1.84. The van der Waals surface area contributed by atoms with Gasteiger partial charge in [0.25, 0.3) is 0 Å². The summed E-state index contributed by atoms with van der Waals surface area (Å²) in [6, 6.07) is 0.491. The van der Waals surface area contributed by atoms with Gasteiger partial charge >= 0.3 is 5.97 Å². The Kier molecular flexibility index (Phi) is 3.37. The van der Waals surface area contributed by atoms with E-state index in [0.29, 0.717) is 6.07 Å². The lowest BCUT2D eigenvalue weighted by atomic mass is 10.1. The van der Waals surface area contributed by atoms with E-state index in [1.54, 1.807) is 0 Å². The number of nitrogens with zero attached hydrogens (tertiary/aromatic N) is 1. The summed E-state index contributed by atoms with van der Waals surface area (Å²) >= 11 is 6.57. The molecule has 2 heterocycles. The van der Waals surface area contributed by atoms with E-state index in [9.17, 15) is 27.9 Å². The molecule has 0 amide bonds. The molecular formula is C13H5ClF3NO3S. The summed E-state index contributed by atoms with van der Waals surface area (Å²) in [6.45, 7) is 0. The van der Waals surface area contributed by atoms with E-state index < -0.39 is 45.3 Å². The highest BCUT2D eigenvalue weighted by Crippen LogP contribution is 2.29. The van der Waals surface area contributed by atoms with E-state index in [2.05, 4.69) is 0 Å². The minimum Gasteiger partial charge on any atom is -0.477 e. The molecule has 3 rings (SSSR count). The number of halogens is 4. The summed E-state index contributed by atoms with van der Waals surface area (Å²) in [6.07, 6.45) is 0. The number of pyridine rings is 1. The number of carbonyl (C=O) groups is 1. The number of benzene rings is 1. The van der Waals surface area contributed by atoms with Gasteiger partial charge in [0, 0.05) is 11.1 Å². The number of carboxylic acids is 1. The molecule has 0 saturated heterocycles. The Labute approximate surface area is 129 Å². The van der Waals surface area contributed by atoms with Crippen LogP contribution in [-0.2, 0) is 5.88 Å². The molecule has 0 atom stereocenters. The van der Waals surface area contributed by atoms with Crippen molar-refractivity contribution in [3.63, 3.8) is 0 Å². The first-order chi connectivity index (χ1) is 10.4. The maximum atomic E-state index is 14.1. The molecule has 2 aromatic heterocycles. The SMILES string of the molecule is O=C(O)c1c(=O)c2cc(F)c(F)c(F)c2n2c(CCl)csc12. The van der Waals surface area contributed by atoms with E-state index in [-0.39, 0.29) is 16.4 Å². The van der Waals surface area contributed by atoms with Crippen LogP contribution in [0.4, 0.5) is 13.2 Å². The van der Waals surface area contributed by atoms with Crippen molar-refractivity contribution in [2.75, 3.05) is 0 Å². The lowest BCUT2D eigenvalue weighted by molar-refractivity contribution is 0.0697. The van der Waals surface area contributed by atoms with Crippen molar-refractivity contribution in [2.24, 2.45) is 0 Å². The molecule has 0 aliphatic heterocycles. The predicted molar refractivity (Wildman–Crippen MR) is 75.4 cm³/mol. The smallest absolute Gasteiger partial charge is 0.342 e. The Morgan fingerprint density at radius 2 is 2.00 bits per heavy atom. The number of thiazole rings is 1. The van der Waals surface area contributed by atoms with Gasteiger partial charge in [-0.05, 0) is 6.07 Å². The third-order valence-electron chi connectivity index (χ3n) is 3.19. The quantitative estimate of drug-likeness (QED) is 0.571. The summed E-state index contributed by atoms with van der Waals surface area (Å²) < 4.78 is 42.1. The zero-order valence-corrected chi connectivity index (χ0v) is 12.1. The van der Waals surface area contributed by atoms with Crippen molar-refractivity contribution in [3.8, 4) is 0 Å². The number of aromatic carboxylic acids is 1. The molecule has 3 aromatic rings. The van der Waals surface area contributed by atoms with Crippen molar-refractivity contribution in [3.05, 3.63) is 50.4 Å². The van der Waals surface area contributed by atoms with Gasteiger partial charge in [0.1, 0.15) is 10.4 Å². The molecule has 0 aliphatic rings. The zero-order chi connectivity index (χ0) is 16.2. The van der Waals surface area contributed by atoms with Crippen LogP contribution in [0.3, 0.4) is 0 Å². The Morgan fingerprint density at radius 1 is 1.32 bits per heavy atom. The summed E-state index contributed by atoms with van der Waals surface area (Å²) in [4.78, 5) is 23.4. The van der Waals surface area contributed by atoms with Gasteiger partial charge in [0.15, 0.2) is 17.5 Å². The molecular weight excluding hydrogens is 343 g/mol. The molecule has 0 unspecified atom stereocenters. The lowest BCUT2D eigenvalue weighted by Crippen LogP contribution is -2.19. The fourth-order valence-corrected chi connectivity index (χ4v) is 3.60. The molecule has 0 radical (unpaired) electrons. The highest BCUT2D eigenvalue weighted by molar-refractivity contribution is 7.16. The Morgan fingerprint density at radius 3 is 2.59 bits per heavy atom. The highest BCUT2D eigenvalue weighted by atomic mass is 35.5. The summed E-state index contributed by atoms with van der Waals surface area (Å²) in [5.41, 5.74) is -1.98. The van der Waals surface area contributed by atoms with E-state index in [0.717, 1.165) is 15.7 Å². The lowest BCUT2D eigenvalue weighted by Gasteiger charge is -2.09. The topological polar surface area (TPSA) is 58.8 Å². The summed E-state index contributed by atoms with van der Waals surface area (Å²) in [5, 5.41) is 10.1. The van der Waals surface area contributed by atoms with Gasteiger partial charge in [-0.25, -0.2) is 18.0 Å². The van der Waals surface area contributed by atoms with Crippen LogP contribution >= 0.6 is 22.9 Å². The number of alkyl halides is 1. The minimum atomic E-state index is -1.74. The van der Waals surface area contributed by atoms with Crippen LogP contribution in [0.5, 0.6) is 0 Å². The van der Waals surface area contributed by atoms with Gasteiger partial charge in [-0.1, -0.05) is 0 Å². The average Bonchev–Trinajstić information content (AvgIpc) is 2.88. The minimum absolute atomic E-state index is 0.0921. The molecule has 4 nitrogen and oxygen atoms in total. The first-order valence-corrected chi connectivity index (χ1v) is 7.21. The Bertz CT molecular complexity index is 1010. The number of aromatic nitrogens is 1. The van der Waals surface area contributed by atoms with Crippen molar-refractivity contribution >= 4 is 44.6 Å². The van der Waals surface area contributed by atoms with E-state index >= 15 is 0 Å². The monoisotopic (exact) mass is 347 g/mol. The van der Waals surface area contributed by atoms with Crippen LogP contribution in [0.2, 0.25) is 0 Å². The number of hydrogen-bond donors (Lipinski definition) is 1. The molecule has 22 heavy (non-hydrogen) atoms. The van der Waals surface area contributed by atoms with E-state index in [4.69, 9.17) is 11.6 Å². The third-order valence-corrected chi connectivity index (χ3v) is 4.47. The molecule has 9 heteroatoms. The van der Waals surface area contributed by atoms with Crippen LogP contribution in [0.25, 0.3) is 15.7 Å². The maximum Gasteiger partial charge on any atom is 0.342 e. The largest absolute Gasteiger partial charge is 0.477 e. The van der Waals surface area contributed by atoms with Crippen molar-refractivity contribution < 1.29 is 23.1 Å². The first-order valence-electron chi connectivity index (χ1n) is 5.80. The summed E-state index contributed by atoms with van der Waals surface area (Å²) in [5.74, 6) is -6.55. The van der Waals surface area contributed by atoms with Gasteiger partial charge in [-0.3, -0.25) is 9.20 Å². The molecule has 1 N–H and O–H groups in total. The second-order valence-electron chi connectivity index (χ2n) is 4.39. The van der Waals surface area contributed by atoms with Crippen molar-refractivity contribution in [1.82, 2.24) is 4.40 Å². The van der Waals surface area contributed by atoms with Crippen LogP contribution in [0.15, 0.2) is 16.2 Å². The second kappa shape index (κ2) is 4.99. The van der Waals surface area contributed by atoms with Gasteiger partial charge in [0.2, 0.25) is 5.43 Å². The predicted octanol–water partition coefficient (Wildman–Crippen LogP) is 3.37. The summed E-state index contributed by atoms with van der Waals surface area (Å²) in [7, 11) is 0.